The zero-order valence-corrected chi connectivity index (χ0v) is 16.4. The number of nitriles is 1. The van der Waals surface area contributed by atoms with Crippen molar-refractivity contribution in [1.29, 1.82) is 5.26 Å². The molecule has 1 unspecified atom stereocenters. The van der Waals surface area contributed by atoms with E-state index in [1.54, 1.807) is 54.6 Å². The maximum absolute atomic E-state index is 13.5. The molecule has 7 heteroatoms. The van der Waals surface area contributed by atoms with E-state index in [1.165, 1.54) is 0 Å². The van der Waals surface area contributed by atoms with Gasteiger partial charge in [0.05, 0.1) is 18.5 Å². The predicted octanol–water partition coefficient (Wildman–Crippen LogP) is 6.12. The van der Waals surface area contributed by atoms with Crippen molar-refractivity contribution in [2.24, 2.45) is 0 Å². The average molecular weight is 424 g/mol. The Hall–Kier alpha value is -3.79. The van der Waals surface area contributed by atoms with E-state index in [-0.39, 0.29) is 11.5 Å². The Morgan fingerprint density at radius 2 is 1.45 bits per heavy atom. The van der Waals surface area contributed by atoms with E-state index in [1.807, 2.05) is 36.4 Å². The van der Waals surface area contributed by atoms with Crippen molar-refractivity contribution in [2.45, 2.75) is 18.8 Å². The summed E-state index contributed by atoms with van der Waals surface area (Å²) in [5.74, 6) is -1.17. The van der Waals surface area contributed by atoms with E-state index in [2.05, 4.69) is 0 Å². The molecule has 3 aromatic carbocycles. The van der Waals surface area contributed by atoms with Gasteiger partial charge in [-0.2, -0.15) is 5.26 Å². The first kappa shape index (κ1) is 21.9. The summed E-state index contributed by atoms with van der Waals surface area (Å²) in [5.41, 5.74) is 2.76. The molecule has 0 radical (unpaired) electrons. The molecular weight excluding hydrogens is 405 g/mol. The zero-order valence-electron chi connectivity index (χ0n) is 16.4. The third-order valence-corrected chi connectivity index (χ3v) is 4.67. The summed E-state index contributed by atoms with van der Waals surface area (Å²) < 4.78 is 45.4. The topological polar surface area (TPSA) is 53.3 Å². The fourth-order valence-corrected chi connectivity index (χ4v) is 3.02. The third kappa shape index (κ3) is 5.86. The van der Waals surface area contributed by atoms with Crippen LogP contribution in [0, 0.1) is 11.3 Å². The fraction of sp³-hybridized carbons (Fsp3) is 0.167. The van der Waals surface area contributed by atoms with Crippen LogP contribution >= 0.6 is 0 Å². The van der Waals surface area contributed by atoms with E-state index in [0.29, 0.717) is 11.1 Å². The molecule has 0 aliphatic carbocycles. The molecule has 31 heavy (non-hydrogen) atoms. The molecule has 3 aromatic rings. The van der Waals surface area contributed by atoms with Gasteiger partial charge in [-0.25, -0.2) is 9.69 Å². The minimum atomic E-state index is -4.98. The first-order valence-electron chi connectivity index (χ1n) is 9.48. The number of halogens is 3. The van der Waals surface area contributed by atoms with Gasteiger partial charge >= 0.3 is 12.4 Å². The van der Waals surface area contributed by atoms with Crippen LogP contribution in [0.1, 0.15) is 17.0 Å². The van der Waals surface area contributed by atoms with Gasteiger partial charge in [0, 0.05) is 0 Å². The Bertz CT molecular complexity index is 1030. The van der Waals surface area contributed by atoms with Crippen molar-refractivity contribution >= 4 is 6.09 Å². The van der Waals surface area contributed by atoms with Crippen LogP contribution in [0.5, 0.6) is 0 Å². The lowest BCUT2D eigenvalue weighted by molar-refractivity contribution is -0.230. The highest BCUT2D eigenvalue weighted by molar-refractivity contribution is 5.68. The van der Waals surface area contributed by atoms with E-state index in [9.17, 15) is 23.2 Å². The standard InChI is InChI=1S/C24H19F3N2O2/c25-24(26,27)29(23(30)31-17-18-7-3-1-4-8-18)16-22(15-28)21-13-11-20(12-14-21)19-9-5-2-6-10-19/h1-14,22H,16-17H2. The number of ether oxygens (including phenoxy) is 1. The van der Waals surface area contributed by atoms with Crippen LogP contribution < -0.4 is 0 Å². The number of hydrogen-bond donors (Lipinski definition) is 0. The summed E-state index contributed by atoms with van der Waals surface area (Å²) in [5, 5.41) is 9.47. The number of nitrogens with zero attached hydrogens (tertiary/aromatic N) is 2. The second-order valence-corrected chi connectivity index (χ2v) is 6.79. The van der Waals surface area contributed by atoms with Crippen LogP contribution in [0.4, 0.5) is 18.0 Å². The van der Waals surface area contributed by atoms with Gasteiger partial charge in [-0.1, -0.05) is 84.9 Å². The molecule has 0 fully saturated rings. The number of hydrogen-bond acceptors (Lipinski definition) is 3. The molecule has 0 aromatic heterocycles. The normalized spacial score (nSPS) is 11.9. The second kappa shape index (κ2) is 9.81. The van der Waals surface area contributed by atoms with Gasteiger partial charge in [0.1, 0.15) is 6.61 Å². The van der Waals surface area contributed by atoms with Crippen molar-refractivity contribution in [3.05, 3.63) is 96.1 Å². The fourth-order valence-electron chi connectivity index (χ4n) is 3.02. The third-order valence-electron chi connectivity index (χ3n) is 4.67. The zero-order chi connectivity index (χ0) is 22.3. The molecule has 0 heterocycles. The Morgan fingerprint density at radius 1 is 0.903 bits per heavy atom. The molecule has 4 nitrogen and oxygen atoms in total. The highest BCUT2D eigenvalue weighted by Crippen LogP contribution is 2.28. The number of carbonyl (C=O) groups excluding carboxylic acids is 1. The van der Waals surface area contributed by atoms with Gasteiger partial charge in [0.2, 0.25) is 0 Å². The maximum Gasteiger partial charge on any atom is 0.489 e. The number of alkyl halides is 3. The number of amides is 1. The minimum Gasteiger partial charge on any atom is -0.444 e. The van der Waals surface area contributed by atoms with Gasteiger partial charge in [0.15, 0.2) is 0 Å². The van der Waals surface area contributed by atoms with Crippen molar-refractivity contribution in [1.82, 2.24) is 4.90 Å². The lowest BCUT2D eigenvalue weighted by Gasteiger charge is -2.26. The molecule has 0 aliphatic heterocycles. The van der Waals surface area contributed by atoms with Crippen LogP contribution in [0.15, 0.2) is 84.9 Å². The maximum atomic E-state index is 13.5. The summed E-state index contributed by atoms with van der Waals surface area (Å²) in [6.45, 7) is -1.16. The molecule has 1 amide bonds. The van der Waals surface area contributed by atoms with Gasteiger partial charge in [0.25, 0.3) is 0 Å². The van der Waals surface area contributed by atoms with E-state index in [0.717, 1.165) is 11.1 Å². The predicted molar refractivity (Wildman–Crippen MR) is 110 cm³/mol. The molecule has 3 rings (SSSR count). The Kier molecular flexibility index (Phi) is 6.93. The van der Waals surface area contributed by atoms with Gasteiger partial charge in [-0.3, -0.25) is 0 Å². The molecule has 0 aliphatic rings. The van der Waals surface area contributed by atoms with Crippen LogP contribution in [0.2, 0.25) is 0 Å². The number of rotatable bonds is 6. The van der Waals surface area contributed by atoms with Crippen LogP contribution in [0.25, 0.3) is 11.1 Å². The smallest absolute Gasteiger partial charge is 0.444 e. The summed E-state index contributed by atoms with van der Waals surface area (Å²) in [6, 6.07) is 26.4. The van der Waals surface area contributed by atoms with Crippen LogP contribution in [0.3, 0.4) is 0 Å². The summed E-state index contributed by atoms with van der Waals surface area (Å²) in [7, 11) is 0. The Labute approximate surface area is 178 Å². The van der Waals surface area contributed by atoms with E-state index in [4.69, 9.17) is 4.74 Å². The number of carbonyl (C=O) groups is 1. The average Bonchev–Trinajstić information content (AvgIpc) is 2.79. The second-order valence-electron chi connectivity index (χ2n) is 6.79. The molecular formula is C24H19F3N2O2. The summed E-state index contributed by atoms with van der Waals surface area (Å²) in [6.07, 6.45) is -6.52. The van der Waals surface area contributed by atoms with Crippen molar-refractivity contribution in [3.8, 4) is 17.2 Å². The van der Waals surface area contributed by atoms with Crippen LogP contribution in [-0.2, 0) is 11.3 Å². The monoisotopic (exact) mass is 424 g/mol. The molecule has 0 saturated heterocycles. The Balaban J connectivity index is 1.73. The highest BCUT2D eigenvalue weighted by Gasteiger charge is 2.43. The molecule has 0 spiro atoms. The highest BCUT2D eigenvalue weighted by atomic mass is 19.4. The quantitative estimate of drug-likeness (QED) is 0.448. The summed E-state index contributed by atoms with van der Waals surface area (Å²) >= 11 is 0. The SMILES string of the molecule is N#CC(CN(C(=O)OCc1ccccc1)C(F)(F)F)c1ccc(-c2ccccc2)cc1. The van der Waals surface area contributed by atoms with Crippen LogP contribution in [-0.4, -0.2) is 23.8 Å². The lowest BCUT2D eigenvalue weighted by atomic mass is 9.97. The molecule has 158 valence electrons. The molecule has 0 saturated carbocycles. The number of benzene rings is 3. The first-order chi connectivity index (χ1) is 14.9. The van der Waals surface area contributed by atoms with E-state index < -0.39 is 24.9 Å². The molecule has 1 atom stereocenters. The Morgan fingerprint density at radius 3 is 2.00 bits per heavy atom. The molecule has 0 N–H and O–H groups in total. The molecule has 0 bridgehead atoms. The minimum absolute atomic E-state index is 0.296. The van der Waals surface area contributed by atoms with Crippen molar-refractivity contribution in [3.63, 3.8) is 0 Å². The summed E-state index contributed by atoms with van der Waals surface area (Å²) in [4.78, 5) is 11.8. The largest absolute Gasteiger partial charge is 0.489 e. The lowest BCUT2D eigenvalue weighted by Crippen LogP contribution is -2.45. The van der Waals surface area contributed by atoms with Crippen molar-refractivity contribution in [2.75, 3.05) is 6.54 Å². The van der Waals surface area contributed by atoms with Gasteiger partial charge in [-0.15, -0.1) is 13.2 Å². The van der Waals surface area contributed by atoms with Crippen molar-refractivity contribution < 1.29 is 22.7 Å². The van der Waals surface area contributed by atoms with Gasteiger partial charge in [-0.05, 0) is 22.3 Å². The van der Waals surface area contributed by atoms with E-state index >= 15 is 0 Å². The first-order valence-corrected chi connectivity index (χ1v) is 9.48. The van der Waals surface area contributed by atoms with Gasteiger partial charge < -0.3 is 4.74 Å².